The fourth-order valence-corrected chi connectivity index (χ4v) is 2.47. The molecule has 0 aliphatic rings. The molecule has 0 aromatic heterocycles. The van der Waals surface area contributed by atoms with Crippen molar-refractivity contribution < 1.29 is 9.53 Å². The van der Waals surface area contributed by atoms with E-state index in [2.05, 4.69) is 15.3 Å². The second kappa shape index (κ2) is 9.78. The van der Waals surface area contributed by atoms with Crippen LogP contribution in [0.3, 0.4) is 0 Å². The topological polar surface area (TPSA) is 66.6 Å². The highest BCUT2D eigenvalue weighted by atomic mass is 16.5. The van der Waals surface area contributed by atoms with Crippen molar-refractivity contribution in [1.82, 2.24) is 0 Å². The van der Waals surface area contributed by atoms with E-state index in [0.717, 1.165) is 11.3 Å². The summed E-state index contributed by atoms with van der Waals surface area (Å²) in [7, 11) is 1.32. The minimum atomic E-state index is -0.584. The van der Waals surface area contributed by atoms with Gasteiger partial charge in [-0.25, -0.2) is 4.79 Å². The highest BCUT2D eigenvalue weighted by molar-refractivity contribution is 6.04. The maximum absolute atomic E-state index is 12.3. The number of nitrogens with zero attached hydrogens (tertiary/aromatic N) is 4. The second-order valence-electron chi connectivity index (χ2n) is 5.77. The molecule has 140 valence electrons. The van der Waals surface area contributed by atoms with E-state index in [1.165, 1.54) is 12.1 Å². The lowest BCUT2D eigenvalue weighted by Crippen LogP contribution is -2.27. The van der Waals surface area contributed by atoms with Gasteiger partial charge in [0.1, 0.15) is 6.54 Å². The molecular weight excluding hydrogens is 352 g/mol. The highest BCUT2D eigenvalue weighted by Crippen LogP contribution is 2.17. The number of carbonyl (C=O) groups is 1. The molecule has 28 heavy (non-hydrogen) atoms. The van der Waals surface area contributed by atoms with E-state index >= 15 is 0 Å². The molecular formula is C22H20N4O2. The summed E-state index contributed by atoms with van der Waals surface area (Å²) in [6.45, 7) is 0.208. The van der Waals surface area contributed by atoms with Crippen LogP contribution in [0.2, 0.25) is 0 Å². The molecule has 0 saturated heterocycles. The fraction of sp³-hybridized carbons (Fsp3) is 0.0909. The highest BCUT2D eigenvalue weighted by Gasteiger charge is 2.17. The zero-order chi connectivity index (χ0) is 19.6. The minimum absolute atomic E-state index is 0.208. The van der Waals surface area contributed by atoms with Gasteiger partial charge in [0.15, 0.2) is 0 Å². The van der Waals surface area contributed by atoms with Gasteiger partial charge in [0.2, 0.25) is 0 Å². The predicted molar refractivity (Wildman–Crippen MR) is 110 cm³/mol. The number of rotatable bonds is 6. The zero-order valence-electron chi connectivity index (χ0n) is 15.5. The molecule has 3 aromatic carbocycles. The Morgan fingerprint density at radius 2 is 1.43 bits per heavy atom. The number of amides is 1. The van der Waals surface area contributed by atoms with E-state index in [1.54, 1.807) is 12.1 Å². The average molecular weight is 372 g/mol. The second-order valence-corrected chi connectivity index (χ2v) is 5.77. The smallest absolute Gasteiger partial charge is 0.434 e. The zero-order valence-corrected chi connectivity index (χ0v) is 15.5. The SMILES string of the molecule is COC(=O)N(/N=C(/CN=Nc1ccccc1)c1ccccc1)c1ccccc1. The van der Waals surface area contributed by atoms with Gasteiger partial charge in [-0.2, -0.15) is 20.3 Å². The minimum Gasteiger partial charge on any atom is -0.451 e. The number of anilines is 1. The predicted octanol–water partition coefficient (Wildman–Crippen LogP) is 5.45. The van der Waals surface area contributed by atoms with Crippen molar-refractivity contribution in [2.45, 2.75) is 0 Å². The molecule has 6 heteroatoms. The lowest BCUT2D eigenvalue weighted by Gasteiger charge is -2.17. The summed E-state index contributed by atoms with van der Waals surface area (Å²) in [5.41, 5.74) is 2.79. The monoisotopic (exact) mass is 372 g/mol. The van der Waals surface area contributed by atoms with Crippen LogP contribution < -0.4 is 5.01 Å². The molecule has 6 nitrogen and oxygen atoms in total. The Morgan fingerprint density at radius 3 is 2.04 bits per heavy atom. The molecule has 0 N–H and O–H groups in total. The maximum atomic E-state index is 12.3. The van der Waals surface area contributed by atoms with Crippen LogP contribution in [0, 0.1) is 0 Å². The van der Waals surface area contributed by atoms with Crippen LogP contribution in [-0.2, 0) is 4.74 Å². The largest absolute Gasteiger partial charge is 0.451 e. The number of azo groups is 1. The van der Waals surface area contributed by atoms with Crippen molar-refractivity contribution in [2.75, 3.05) is 18.7 Å². The number of hydrogen-bond donors (Lipinski definition) is 0. The van der Waals surface area contributed by atoms with Crippen molar-refractivity contribution in [3.8, 4) is 0 Å². The van der Waals surface area contributed by atoms with Crippen molar-refractivity contribution >= 4 is 23.2 Å². The van der Waals surface area contributed by atoms with Crippen LogP contribution in [0.25, 0.3) is 0 Å². The normalized spacial score (nSPS) is 11.4. The van der Waals surface area contributed by atoms with E-state index in [9.17, 15) is 4.79 Å². The van der Waals surface area contributed by atoms with Gasteiger partial charge in [-0.05, 0) is 29.8 Å². The number of benzene rings is 3. The number of methoxy groups -OCH3 is 1. The molecule has 0 aliphatic heterocycles. The first kappa shape index (κ1) is 19.0. The van der Waals surface area contributed by atoms with Crippen LogP contribution in [0.4, 0.5) is 16.2 Å². The third-order valence-corrected chi connectivity index (χ3v) is 3.84. The molecule has 3 aromatic rings. The Bertz CT molecular complexity index is 942. The summed E-state index contributed by atoms with van der Waals surface area (Å²) in [5.74, 6) is 0. The lowest BCUT2D eigenvalue weighted by molar-refractivity contribution is 0.179. The van der Waals surface area contributed by atoms with E-state index in [1.807, 2.05) is 78.9 Å². The van der Waals surface area contributed by atoms with Gasteiger partial charge in [0, 0.05) is 0 Å². The molecule has 0 unspecified atom stereocenters. The Balaban J connectivity index is 1.94. The first-order valence-electron chi connectivity index (χ1n) is 8.76. The molecule has 0 heterocycles. The molecule has 0 saturated carbocycles. The standard InChI is InChI=1S/C22H20N4O2/c1-28-22(27)26(20-15-9-4-10-16-20)25-21(18-11-5-2-6-12-18)17-23-24-19-13-7-3-8-14-19/h2-16H,17H2,1H3/b24-23?,25-21-. The number of hydrazone groups is 1. The molecule has 3 rings (SSSR count). The summed E-state index contributed by atoms with van der Waals surface area (Å²) >= 11 is 0. The Morgan fingerprint density at radius 1 is 0.857 bits per heavy atom. The first-order valence-corrected chi connectivity index (χ1v) is 8.76. The number of hydrogen-bond acceptors (Lipinski definition) is 5. The third-order valence-electron chi connectivity index (χ3n) is 3.84. The average Bonchev–Trinajstić information content (AvgIpc) is 2.77. The van der Waals surface area contributed by atoms with Gasteiger partial charge < -0.3 is 4.74 Å². The van der Waals surface area contributed by atoms with Crippen molar-refractivity contribution in [3.05, 3.63) is 96.6 Å². The van der Waals surface area contributed by atoms with Crippen molar-refractivity contribution in [3.63, 3.8) is 0 Å². The van der Waals surface area contributed by atoms with Crippen LogP contribution in [0.5, 0.6) is 0 Å². The summed E-state index contributed by atoms with van der Waals surface area (Å²) in [6, 6.07) is 28.1. The summed E-state index contributed by atoms with van der Waals surface area (Å²) in [6.07, 6.45) is -0.584. The fourth-order valence-electron chi connectivity index (χ4n) is 2.47. The van der Waals surface area contributed by atoms with Gasteiger partial charge >= 0.3 is 6.09 Å². The van der Waals surface area contributed by atoms with Crippen LogP contribution >= 0.6 is 0 Å². The van der Waals surface area contributed by atoms with Gasteiger partial charge in [-0.1, -0.05) is 66.7 Å². The maximum Gasteiger partial charge on any atom is 0.434 e. The van der Waals surface area contributed by atoms with E-state index < -0.39 is 6.09 Å². The van der Waals surface area contributed by atoms with Crippen LogP contribution in [0.15, 0.2) is 106 Å². The number of para-hydroxylation sites is 1. The number of ether oxygens (including phenoxy) is 1. The van der Waals surface area contributed by atoms with Gasteiger partial charge in [0.05, 0.1) is 24.2 Å². The first-order chi connectivity index (χ1) is 13.8. The molecule has 0 radical (unpaired) electrons. The Kier molecular flexibility index (Phi) is 6.62. The van der Waals surface area contributed by atoms with Gasteiger partial charge in [-0.3, -0.25) is 0 Å². The van der Waals surface area contributed by atoms with Crippen molar-refractivity contribution in [1.29, 1.82) is 0 Å². The summed E-state index contributed by atoms with van der Waals surface area (Å²) < 4.78 is 4.90. The quantitative estimate of drug-likeness (QED) is 0.328. The van der Waals surface area contributed by atoms with E-state index in [4.69, 9.17) is 4.74 Å². The molecule has 0 bridgehead atoms. The van der Waals surface area contributed by atoms with E-state index in [-0.39, 0.29) is 6.54 Å². The van der Waals surface area contributed by atoms with Gasteiger partial charge in [0.25, 0.3) is 0 Å². The molecule has 0 spiro atoms. The van der Waals surface area contributed by atoms with E-state index in [0.29, 0.717) is 11.4 Å². The number of carbonyl (C=O) groups excluding carboxylic acids is 1. The molecule has 0 fully saturated rings. The van der Waals surface area contributed by atoms with Crippen LogP contribution in [0.1, 0.15) is 5.56 Å². The van der Waals surface area contributed by atoms with Crippen LogP contribution in [-0.4, -0.2) is 25.5 Å². The molecule has 0 aliphatic carbocycles. The summed E-state index contributed by atoms with van der Waals surface area (Å²) in [4.78, 5) is 12.3. The van der Waals surface area contributed by atoms with Gasteiger partial charge in [-0.15, -0.1) is 0 Å². The Hall–Kier alpha value is -3.80. The molecule has 0 atom stereocenters. The summed E-state index contributed by atoms with van der Waals surface area (Å²) in [5, 5.41) is 14.3. The molecule has 1 amide bonds. The lowest BCUT2D eigenvalue weighted by atomic mass is 10.1. The Labute approximate surface area is 163 Å². The van der Waals surface area contributed by atoms with Crippen molar-refractivity contribution in [2.24, 2.45) is 15.3 Å². The third kappa shape index (κ3) is 5.11.